The summed E-state index contributed by atoms with van der Waals surface area (Å²) < 4.78 is 0. The SMILES string of the molecule is OC1CCC(NCc2ccnc3ccccc23)CC1. The molecule has 0 aliphatic heterocycles. The summed E-state index contributed by atoms with van der Waals surface area (Å²) in [6, 6.07) is 10.9. The number of nitrogens with one attached hydrogen (secondary N) is 1. The van der Waals surface area contributed by atoms with Crippen molar-refractivity contribution in [2.24, 2.45) is 0 Å². The van der Waals surface area contributed by atoms with Crippen molar-refractivity contribution in [1.29, 1.82) is 0 Å². The van der Waals surface area contributed by atoms with E-state index in [1.165, 1.54) is 10.9 Å². The number of fused-ring (bicyclic) bond motifs is 1. The van der Waals surface area contributed by atoms with Gasteiger partial charge in [-0.25, -0.2) is 0 Å². The average Bonchev–Trinajstić information content (AvgIpc) is 2.47. The molecule has 0 bridgehead atoms. The Balaban J connectivity index is 1.68. The molecule has 1 aromatic heterocycles. The maximum atomic E-state index is 9.52. The van der Waals surface area contributed by atoms with Crippen molar-refractivity contribution >= 4 is 10.9 Å². The average molecular weight is 256 g/mol. The summed E-state index contributed by atoms with van der Waals surface area (Å²) in [6.45, 7) is 0.879. The minimum absolute atomic E-state index is 0.0835. The lowest BCUT2D eigenvalue weighted by molar-refractivity contribution is 0.116. The number of rotatable bonds is 3. The van der Waals surface area contributed by atoms with E-state index >= 15 is 0 Å². The number of aromatic nitrogens is 1. The molecular weight excluding hydrogens is 236 g/mol. The Morgan fingerprint density at radius 1 is 1.11 bits per heavy atom. The monoisotopic (exact) mass is 256 g/mol. The first-order chi connectivity index (χ1) is 9.33. The summed E-state index contributed by atoms with van der Waals surface area (Å²) >= 11 is 0. The highest BCUT2D eigenvalue weighted by atomic mass is 16.3. The molecule has 0 spiro atoms. The van der Waals surface area contributed by atoms with Gasteiger partial charge < -0.3 is 10.4 Å². The van der Waals surface area contributed by atoms with Gasteiger partial charge in [0.25, 0.3) is 0 Å². The van der Waals surface area contributed by atoms with Crippen LogP contribution in [-0.4, -0.2) is 22.2 Å². The summed E-state index contributed by atoms with van der Waals surface area (Å²) in [5.41, 5.74) is 2.36. The van der Waals surface area contributed by atoms with E-state index in [1.54, 1.807) is 0 Å². The van der Waals surface area contributed by atoms with Gasteiger partial charge in [-0.3, -0.25) is 4.98 Å². The van der Waals surface area contributed by atoms with E-state index in [0.717, 1.165) is 37.7 Å². The Morgan fingerprint density at radius 2 is 1.89 bits per heavy atom. The third-order valence-corrected chi connectivity index (χ3v) is 4.02. The first-order valence-corrected chi connectivity index (χ1v) is 7.07. The van der Waals surface area contributed by atoms with Crippen LogP contribution in [0.4, 0.5) is 0 Å². The van der Waals surface area contributed by atoms with Gasteiger partial charge in [-0.1, -0.05) is 18.2 Å². The third-order valence-electron chi connectivity index (χ3n) is 4.02. The van der Waals surface area contributed by atoms with Crippen LogP contribution in [0.1, 0.15) is 31.2 Å². The molecule has 100 valence electrons. The summed E-state index contributed by atoms with van der Waals surface area (Å²) in [5.74, 6) is 0. The fraction of sp³-hybridized carbons (Fsp3) is 0.438. The summed E-state index contributed by atoms with van der Waals surface area (Å²) in [7, 11) is 0. The lowest BCUT2D eigenvalue weighted by atomic mass is 9.93. The van der Waals surface area contributed by atoms with Crippen molar-refractivity contribution in [2.75, 3.05) is 0 Å². The van der Waals surface area contributed by atoms with Gasteiger partial charge in [0.2, 0.25) is 0 Å². The number of nitrogens with zero attached hydrogens (tertiary/aromatic N) is 1. The van der Waals surface area contributed by atoms with Gasteiger partial charge in [0.05, 0.1) is 11.6 Å². The molecule has 1 aliphatic rings. The number of para-hydroxylation sites is 1. The lowest BCUT2D eigenvalue weighted by Crippen LogP contribution is -2.34. The molecule has 1 heterocycles. The van der Waals surface area contributed by atoms with Crippen molar-refractivity contribution in [3.05, 3.63) is 42.1 Å². The fourth-order valence-corrected chi connectivity index (χ4v) is 2.84. The third kappa shape index (κ3) is 2.94. The molecule has 0 unspecified atom stereocenters. The number of aliphatic hydroxyl groups is 1. The summed E-state index contributed by atoms with van der Waals surface area (Å²) in [5, 5.41) is 14.4. The van der Waals surface area contributed by atoms with Gasteiger partial charge in [0, 0.05) is 24.2 Å². The van der Waals surface area contributed by atoms with E-state index in [9.17, 15) is 5.11 Å². The molecule has 1 aromatic carbocycles. The van der Waals surface area contributed by atoms with Gasteiger partial charge >= 0.3 is 0 Å². The lowest BCUT2D eigenvalue weighted by Gasteiger charge is -2.26. The number of hydrogen-bond acceptors (Lipinski definition) is 3. The van der Waals surface area contributed by atoms with Crippen LogP contribution in [-0.2, 0) is 6.54 Å². The predicted octanol–water partition coefficient (Wildman–Crippen LogP) is 2.63. The van der Waals surface area contributed by atoms with Gasteiger partial charge in [-0.05, 0) is 43.4 Å². The minimum Gasteiger partial charge on any atom is -0.393 e. The van der Waals surface area contributed by atoms with E-state index in [2.05, 4.69) is 34.6 Å². The smallest absolute Gasteiger partial charge is 0.0705 e. The zero-order valence-electron chi connectivity index (χ0n) is 11.0. The molecule has 0 radical (unpaired) electrons. The van der Waals surface area contributed by atoms with Gasteiger partial charge in [-0.15, -0.1) is 0 Å². The van der Waals surface area contributed by atoms with Crippen LogP contribution in [0.2, 0.25) is 0 Å². The van der Waals surface area contributed by atoms with Crippen LogP contribution in [0.25, 0.3) is 10.9 Å². The fourth-order valence-electron chi connectivity index (χ4n) is 2.84. The normalized spacial score (nSPS) is 23.6. The zero-order valence-corrected chi connectivity index (χ0v) is 11.0. The summed E-state index contributed by atoms with van der Waals surface area (Å²) in [4.78, 5) is 4.39. The van der Waals surface area contributed by atoms with Crippen molar-refractivity contribution in [2.45, 2.75) is 44.4 Å². The second-order valence-electron chi connectivity index (χ2n) is 5.37. The molecule has 1 aliphatic carbocycles. The molecule has 1 saturated carbocycles. The van der Waals surface area contributed by atoms with Crippen molar-refractivity contribution in [3.8, 4) is 0 Å². The second kappa shape index (κ2) is 5.68. The van der Waals surface area contributed by atoms with Gasteiger partial charge in [0.15, 0.2) is 0 Å². The van der Waals surface area contributed by atoms with Crippen LogP contribution in [0, 0.1) is 0 Å². The molecule has 2 N–H and O–H groups in total. The van der Waals surface area contributed by atoms with Gasteiger partial charge in [0.1, 0.15) is 0 Å². The quantitative estimate of drug-likeness (QED) is 0.887. The number of aliphatic hydroxyl groups excluding tert-OH is 1. The van der Waals surface area contributed by atoms with Crippen LogP contribution in [0.15, 0.2) is 36.5 Å². The molecule has 1 fully saturated rings. The first kappa shape index (κ1) is 12.6. The Labute approximate surface area is 113 Å². The summed E-state index contributed by atoms with van der Waals surface area (Å²) in [6.07, 6.45) is 5.79. The van der Waals surface area contributed by atoms with Crippen molar-refractivity contribution in [3.63, 3.8) is 0 Å². The molecule has 3 heteroatoms. The molecule has 19 heavy (non-hydrogen) atoms. The van der Waals surface area contributed by atoms with E-state index in [1.807, 2.05) is 12.3 Å². The highest BCUT2D eigenvalue weighted by Gasteiger charge is 2.18. The second-order valence-corrected chi connectivity index (χ2v) is 5.37. The first-order valence-electron chi connectivity index (χ1n) is 7.07. The maximum Gasteiger partial charge on any atom is 0.0705 e. The highest BCUT2D eigenvalue weighted by Crippen LogP contribution is 2.20. The van der Waals surface area contributed by atoms with Crippen molar-refractivity contribution < 1.29 is 5.11 Å². The van der Waals surface area contributed by atoms with Crippen molar-refractivity contribution in [1.82, 2.24) is 10.3 Å². The molecular formula is C16H20N2O. The van der Waals surface area contributed by atoms with Crippen LogP contribution in [0.5, 0.6) is 0 Å². The zero-order chi connectivity index (χ0) is 13.1. The van der Waals surface area contributed by atoms with Crippen LogP contribution in [0.3, 0.4) is 0 Å². The van der Waals surface area contributed by atoms with E-state index in [-0.39, 0.29) is 6.10 Å². The minimum atomic E-state index is -0.0835. The van der Waals surface area contributed by atoms with Gasteiger partial charge in [-0.2, -0.15) is 0 Å². The maximum absolute atomic E-state index is 9.52. The molecule has 0 atom stereocenters. The predicted molar refractivity (Wildman–Crippen MR) is 76.8 cm³/mol. The Morgan fingerprint density at radius 3 is 2.74 bits per heavy atom. The van der Waals surface area contributed by atoms with E-state index in [4.69, 9.17) is 0 Å². The molecule has 3 rings (SSSR count). The Hall–Kier alpha value is -1.45. The number of benzene rings is 1. The molecule has 2 aromatic rings. The number of pyridine rings is 1. The van der Waals surface area contributed by atoms with Crippen LogP contribution >= 0.6 is 0 Å². The van der Waals surface area contributed by atoms with E-state index < -0.39 is 0 Å². The van der Waals surface area contributed by atoms with E-state index in [0.29, 0.717) is 6.04 Å². The van der Waals surface area contributed by atoms with Crippen LogP contribution < -0.4 is 5.32 Å². The molecule has 0 amide bonds. The Kier molecular flexibility index (Phi) is 3.76. The highest BCUT2D eigenvalue weighted by molar-refractivity contribution is 5.81. The standard InChI is InChI=1S/C16H20N2O/c19-14-7-5-13(6-8-14)18-11-12-9-10-17-16-4-2-1-3-15(12)16/h1-4,9-10,13-14,18-19H,5-8,11H2. The molecule has 3 nitrogen and oxygen atoms in total. The largest absolute Gasteiger partial charge is 0.393 e. The number of hydrogen-bond donors (Lipinski definition) is 2. The Bertz CT molecular complexity index is 542. The topological polar surface area (TPSA) is 45.1 Å². The molecule has 0 saturated heterocycles.